The van der Waals surface area contributed by atoms with Crippen molar-refractivity contribution in [1.29, 1.82) is 5.41 Å². The lowest BCUT2D eigenvalue weighted by molar-refractivity contribution is -0.139. The van der Waals surface area contributed by atoms with Gasteiger partial charge in [0.2, 0.25) is 15.9 Å². The number of carbonyl (C=O) groups is 2. The van der Waals surface area contributed by atoms with Crippen LogP contribution in [-0.4, -0.2) is 43.8 Å². The highest BCUT2D eigenvalue weighted by Gasteiger charge is 2.27. The molecule has 0 heterocycles. The van der Waals surface area contributed by atoms with Gasteiger partial charge in [-0.2, -0.15) is 4.72 Å². The van der Waals surface area contributed by atoms with Crippen molar-refractivity contribution >= 4 is 27.7 Å². The molecule has 1 amide bonds. The topological polar surface area (TPSA) is 162 Å². The molecule has 2 aromatic rings. The average Bonchev–Trinajstić information content (AvgIpc) is 2.73. The molecule has 1 atom stereocenters. The molecule has 172 valence electrons. The molecule has 0 spiro atoms. The summed E-state index contributed by atoms with van der Waals surface area (Å²) in [5.41, 5.74) is 8.02. The number of carbonyl (C=O) groups excluding carboxylic acids is 1. The maximum atomic E-state index is 12.5. The fourth-order valence-corrected chi connectivity index (χ4v) is 4.17. The molecule has 0 fully saturated rings. The Balaban J connectivity index is 1.87. The van der Waals surface area contributed by atoms with Crippen molar-refractivity contribution in [2.45, 2.75) is 43.5 Å². The second-order valence-corrected chi connectivity index (χ2v) is 9.16. The fourth-order valence-electron chi connectivity index (χ4n) is 2.98. The highest BCUT2D eigenvalue weighted by atomic mass is 32.2. The van der Waals surface area contributed by atoms with E-state index >= 15 is 0 Å². The Hall–Kier alpha value is -3.24. The predicted octanol–water partition coefficient (Wildman–Crippen LogP) is 1.54. The van der Waals surface area contributed by atoms with E-state index in [9.17, 15) is 18.0 Å². The van der Waals surface area contributed by atoms with Crippen molar-refractivity contribution in [3.05, 3.63) is 65.2 Å². The summed E-state index contributed by atoms with van der Waals surface area (Å²) in [6.07, 6.45) is 1.48. The summed E-state index contributed by atoms with van der Waals surface area (Å²) in [7, 11) is -4.05. The van der Waals surface area contributed by atoms with E-state index in [2.05, 4.69) is 10.0 Å². The third kappa shape index (κ3) is 7.78. The number of aryl methyl sites for hydroxylation is 2. The number of hydrogen-bond donors (Lipinski definition) is 5. The number of amides is 1. The molecule has 0 saturated heterocycles. The van der Waals surface area contributed by atoms with Crippen molar-refractivity contribution in [1.82, 2.24) is 10.0 Å². The summed E-state index contributed by atoms with van der Waals surface area (Å²) in [5.74, 6) is -1.96. The molecule has 2 aromatic carbocycles. The predicted molar refractivity (Wildman–Crippen MR) is 121 cm³/mol. The zero-order valence-corrected chi connectivity index (χ0v) is 18.6. The Morgan fingerprint density at radius 2 is 1.69 bits per heavy atom. The third-order valence-corrected chi connectivity index (χ3v) is 6.27. The molecular formula is C22H28N4O5S. The minimum absolute atomic E-state index is 0.00757. The van der Waals surface area contributed by atoms with Crippen LogP contribution >= 0.6 is 0 Å². The van der Waals surface area contributed by atoms with Crippen LogP contribution in [0.25, 0.3) is 0 Å². The number of rotatable bonds is 12. The molecule has 10 heteroatoms. The molecule has 1 unspecified atom stereocenters. The summed E-state index contributed by atoms with van der Waals surface area (Å²) in [5, 5.41) is 19.1. The average molecular weight is 461 g/mol. The molecule has 6 N–H and O–H groups in total. The van der Waals surface area contributed by atoms with Gasteiger partial charge in [-0.05, 0) is 43.9 Å². The molecule has 0 bridgehead atoms. The fraction of sp³-hybridized carbons (Fsp3) is 0.318. The lowest BCUT2D eigenvalue weighted by Gasteiger charge is -2.17. The highest BCUT2D eigenvalue weighted by Crippen LogP contribution is 2.12. The van der Waals surface area contributed by atoms with Gasteiger partial charge in [0, 0.05) is 12.1 Å². The Labute approximate surface area is 187 Å². The van der Waals surface area contributed by atoms with Gasteiger partial charge >= 0.3 is 5.97 Å². The monoisotopic (exact) mass is 460 g/mol. The Kier molecular flexibility index (Phi) is 8.91. The quantitative estimate of drug-likeness (QED) is 0.183. The largest absolute Gasteiger partial charge is 0.481 e. The van der Waals surface area contributed by atoms with E-state index in [-0.39, 0.29) is 17.3 Å². The molecule has 0 aromatic heterocycles. The molecule has 0 saturated carbocycles. The molecule has 2 rings (SSSR count). The maximum absolute atomic E-state index is 12.5. The smallest absolute Gasteiger partial charge is 0.305 e. The van der Waals surface area contributed by atoms with Crippen LogP contribution in [0, 0.1) is 12.3 Å². The number of carboxylic acid groups (broad SMARTS) is 1. The standard InChI is InChI=1S/C22H28N4O5S/c1-15-5-11-18(12-6-15)32(30,31)26-19(14-20(27)28)22(29)25-13-3-2-4-16-7-9-17(10-8-16)21(23)24/h5-12,19,26H,2-4,13-14H2,1H3,(H3,23,24)(H,25,29)(H,27,28). The summed E-state index contributed by atoms with van der Waals surface area (Å²) >= 11 is 0. The normalized spacial score (nSPS) is 12.2. The van der Waals surface area contributed by atoms with Gasteiger partial charge in [-0.1, -0.05) is 42.0 Å². The van der Waals surface area contributed by atoms with Crippen LogP contribution in [0.4, 0.5) is 0 Å². The van der Waals surface area contributed by atoms with Crippen LogP contribution in [-0.2, 0) is 26.0 Å². The zero-order chi connectivity index (χ0) is 23.7. The minimum atomic E-state index is -4.05. The van der Waals surface area contributed by atoms with Gasteiger partial charge in [0.15, 0.2) is 0 Å². The van der Waals surface area contributed by atoms with Crippen molar-refractivity contribution in [3.8, 4) is 0 Å². The molecule has 32 heavy (non-hydrogen) atoms. The number of hydrogen-bond acceptors (Lipinski definition) is 5. The van der Waals surface area contributed by atoms with Crippen LogP contribution in [0.15, 0.2) is 53.4 Å². The SMILES string of the molecule is Cc1ccc(S(=O)(=O)NC(CC(=O)O)C(=O)NCCCCc2ccc(C(=N)N)cc2)cc1. The van der Waals surface area contributed by atoms with E-state index in [1.807, 2.05) is 19.1 Å². The first kappa shape index (κ1) is 25.0. The summed E-state index contributed by atoms with van der Waals surface area (Å²) in [6, 6.07) is 11.9. The zero-order valence-electron chi connectivity index (χ0n) is 17.8. The van der Waals surface area contributed by atoms with Crippen molar-refractivity contribution < 1.29 is 23.1 Å². The molecular weight excluding hydrogens is 432 g/mol. The van der Waals surface area contributed by atoms with Gasteiger partial charge < -0.3 is 16.2 Å². The number of unbranched alkanes of at least 4 members (excludes halogenated alkanes) is 1. The van der Waals surface area contributed by atoms with E-state index in [1.165, 1.54) is 12.1 Å². The van der Waals surface area contributed by atoms with E-state index in [4.69, 9.17) is 16.2 Å². The second kappa shape index (κ2) is 11.4. The Morgan fingerprint density at radius 3 is 2.25 bits per heavy atom. The van der Waals surface area contributed by atoms with E-state index < -0.39 is 34.4 Å². The lowest BCUT2D eigenvalue weighted by Crippen LogP contribution is -2.48. The second-order valence-electron chi connectivity index (χ2n) is 7.44. The number of sulfonamides is 1. The van der Waals surface area contributed by atoms with E-state index in [1.54, 1.807) is 24.3 Å². The molecule has 0 aliphatic rings. The summed E-state index contributed by atoms with van der Waals surface area (Å²) in [4.78, 5) is 23.5. The number of nitrogens with two attached hydrogens (primary N) is 1. The first-order valence-corrected chi connectivity index (χ1v) is 11.6. The summed E-state index contributed by atoms with van der Waals surface area (Å²) < 4.78 is 27.3. The number of benzene rings is 2. The molecule has 9 nitrogen and oxygen atoms in total. The number of aliphatic carboxylic acids is 1. The van der Waals surface area contributed by atoms with Gasteiger partial charge in [-0.3, -0.25) is 15.0 Å². The van der Waals surface area contributed by atoms with Gasteiger partial charge in [0.05, 0.1) is 11.3 Å². The van der Waals surface area contributed by atoms with Crippen molar-refractivity contribution in [3.63, 3.8) is 0 Å². The van der Waals surface area contributed by atoms with E-state index in [0.29, 0.717) is 12.0 Å². The first-order chi connectivity index (χ1) is 15.1. The molecule has 0 aliphatic carbocycles. The molecule has 0 aliphatic heterocycles. The first-order valence-electron chi connectivity index (χ1n) is 10.1. The van der Waals surface area contributed by atoms with Crippen molar-refractivity contribution in [2.24, 2.45) is 5.73 Å². The number of carboxylic acids is 1. The number of amidine groups is 1. The minimum Gasteiger partial charge on any atom is -0.481 e. The molecule has 0 radical (unpaired) electrons. The van der Waals surface area contributed by atoms with Crippen LogP contribution in [0.2, 0.25) is 0 Å². The summed E-state index contributed by atoms with van der Waals surface area (Å²) in [6.45, 7) is 2.10. The van der Waals surface area contributed by atoms with Crippen LogP contribution in [0.3, 0.4) is 0 Å². The lowest BCUT2D eigenvalue weighted by atomic mass is 10.1. The van der Waals surface area contributed by atoms with Gasteiger partial charge in [0.25, 0.3) is 0 Å². The van der Waals surface area contributed by atoms with Gasteiger partial charge in [-0.15, -0.1) is 0 Å². The van der Waals surface area contributed by atoms with Gasteiger partial charge in [-0.25, -0.2) is 8.42 Å². The Bertz CT molecular complexity index is 1050. The van der Waals surface area contributed by atoms with Crippen LogP contribution in [0.1, 0.15) is 36.0 Å². The maximum Gasteiger partial charge on any atom is 0.305 e. The van der Waals surface area contributed by atoms with Crippen molar-refractivity contribution in [2.75, 3.05) is 6.54 Å². The number of nitrogen functional groups attached to an aromatic ring is 1. The van der Waals surface area contributed by atoms with Gasteiger partial charge in [0.1, 0.15) is 11.9 Å². The number of nitrogens with one attached hydrogen (secondary N) is 3. The van der Waals surface area contributed by atoms with Crippen LogP contribution < -0.4 is 15.8 Å². The highest BCUT2D eigenvalue weighted by molar-refractivity contribution is 7.89. The van der Waals surface area contributed by atoms with E-state index in [0.717, 1.165) is 24.0 Å². The van der Waals surface area contributed by atoms with Crippen LogP contribution in [0.5, 0.6) is 0 Å². The third-order valence-electron chi connectivity index (χ3n) is 4.78. The Morgan fingerprint density at radius 1 is 1.06 bits per heavy atom.